The van der Waals surface area contributed by atoms with Crippen molar-refractivity contribution < 1.29 is 0 Å². The number of hydrogen-bond donors (Lipinski definition) is 5. The highest BCUT2D eigenvalue weighted by Gasteiger charge is 2.13. The third-order valence-corrected chi connectivity index (χ3v) is 6.12. The number of benzene rings is 3. The van der Waals surface area contributed by atoms with Gasteiger partial charge in [0, 0.05) is 34.8 Å². The molecule has 2 unspecified atom stereocenters. The van der Waals surface area contributed by atoms with Crippen LogP contribution in [0.25, 0.3) is 10.8 Å². The lowest BCUT2D eigenvalue weighted by Gasteiger charge is -2.22. The topological polar surface area (TPSA) is 89.0 Å². The molecule has 0 aliphatic heterocycles. The number of rotatable bonds is 10. The molecule has 5 nitrogen and oxygen atoms in total. The number of nitrogens with two attached hydrogens (primary N) is 2. The standard InChI is InChI=1S/C28H33N5S/c1-19(34)15-20-5-7-22(8-6-20)27(12-13-31-18-21-3-2-4-24(29)16-21)33-25-9-10-26-23(17-25)11-14-32-28(26)30/h2-11,14,16-17,19,27,31,33-34H,12-13,15,18,29H2,1H3,(H2,30,32). The summed E-state index contributed by atoms with van der Waals surface area (Å²) in [5, 5.41) is 9.69. The molecule has 2 atom stereocenters. The molecule has 4 aromatic rings. The van der Waals surface area contributed by atoms with Gasteiger partial charge in [0.1, 0.15) is 5.82 Å². The highest BCUT2D eigenvalue weighted by molar-refractivity contribution is 7.80. The van der Waals surface area contributed by atoms with E-state index >= 15 is 0 Å². The molecule has 4 rings (SSSR count). The minimum Gasteiger partial charge on any atom is -0.399 e. The smallest absolute Gasteiger partial charge is 0.131 e. The van der Waals surface area contributed by atoms with Crippen LogP contribution in [0.4, 0.5) is 17.2 Å². The summed E-state index contributed by atoms with van der Waals surface area (Å²) >= 11 is 4.53. The Bertz CT molecular complexity index is 1220. The Morgan fingerprint density at radius 3 is 2.53 bits per heavy atom. The molecule has 0 saturated heterocycles. The molecular weight excluding hydrogens is 438 g/mol. The first-order chi connectivity index (χ1) is 16.5. The van der Waals surface area contributed by atoms with Crippen molar-refractivity contribution in [3.63, 3.8) is 0 Å². The van der Waals surface area contributed by atoms with Crippen molar-refractivity contribution in [1.29, 1.82) is 0 Å². The van der Waals surface area contributed by atoms with Gasteiger partial charge in [0.05, 0.1) is 6.04 Å². The monoisotopic (exact) mass is 471 g/mol. The van der Waals surface area contributed by atoms with Gasteiger partial charge in [-0.05, 0) is 77.9 Å². The molecule has 0 saturated carbocycles. The second-order valence-electron chi connectivity index (χ2n) is 8.83. The Kier molecular flexibility index (Phi) is 7.93. The number of aromatic nitrogens is 1. The van der Waals surface area contributed by atoms with E-state index in [4.69, 9.17) is 11.5 Å². The van der Waals surface area contributed by atoms with E-state index < -0.39 is 0 Å². The van der Waals surface area contributed by atoms with Gasteiger partial charge in [-0.3, -0.25) is 0 Å². The highest BCUT2D eigenvalue weighted by atomic mass is 32.1. The third-order valence-electron chi connectivity index (χ3n) is 5.94. The van der Waals surface area contributed by atoms with Crippen molar-refractivity contribution in [2.75, 3.05) is 23.3 Å². The number of fused-ring (bicyclic) bond motifs is 1. The van der Waals surface area contributed by atoms with E-state index in [1.54, 1.807) is 6.20 Å². The van der Waals surface area contributed by atoms with Crippen molar-refractivity contribution in [3.05, 3.63) is 95.7 Å². The van der Waals surface area contributed by atoms with Gasteiger partial charge in [-0.2, -0.15) is 12.6 Å². The van der Waals surface area contributed by atoms with E-state index in [1.165, 1.54) is 16.7 Å². The van der Waals surface area contributed by atoms with Crippen LogP contribution in [0.1, 0.15) is 36.1 Å². The van der Waals surface area contributed by atoms with Gasteiger partial charge in [-0.1, -0.05) is 43.3 Å². The van der Waals surface area contributed by atoms with Crippen molar-refractivity contribution in [3.8, 4) is 0 Å². The number of thiol groups is 1. The number of nitrogen functional groups attached to an aromatic ring is 2. The molecular formula is C28H33N5S. The summed E-state index contributed by atoms with van der Waals surface area (Å²) in [5.74, 6) is 0.556. The quantitative estimate of drug-likeness (QED) is 0.118. The van der Waals surface area contributed by atoms with Crippen LogP contribution < -0.4 is 22.1 Å². The second-order valence-corrected chi connectivity index (χ2v) is 9.72. The van der Waals surface area contributed by atoms with Crippen LogP contribution in [-0.2, 0) is 13.0 Å². The number of anilines is 3. The predicted molar refractivity (Wildman–Crippen MR) is 148 cm³/mol. The fraction of sp³-hybridized carbons (Fsp3) is 0.250. The lowest BCUT2D eigenvalue weighted by Crippen LogP contribution is -2.21. The minimum absolute atomic E-state index is 0.160. The van der Waals surface area contributed by atoms with Gasteiger partial charge in [0.15, 0.2) is 0 Å². The lowest BCUT2D eigenvalue weighted by atomic mass is 9.99. The van der Waals surface area contributed by atoms with E-state index in [-0.39, 0.29) is 6.04 Å². The Hall–Kier alpha value is -3.22. The van der Waals surface area contributed by atoms with Gasteiger partial charge < -0.3 is 22.1 Å². The van der Waals surface area contributed by atoms with Gasteiger partial charge in [-0.25, -0.2) is 4.98 Å². The molecule has 0 bridgehead atoms. The normalized spacial score (nSPS) is 13.0. The summed E-state index contributed by atoms with van der Waals surface area (Å²) in [4.78, 5) is 4.19. The fourth-order valence-corrected chi connectivity index (χ4v) is 4.43. The fourth-order valence-electron chi connectivity index (χ4n) is 4.22. The second kappa shape index (κ2) is 11.3. The molecule has 6 heteroatoms. The minimum atomic E-state index is 0.160. The summed E-state index contributed by atoms with van der Waals surface area (Å²) in [5.41, 5.74) is 17.6. The zero-order chi connectivity index (χ0) is 23.9. The average Bonchev–Trinajstić information content (AvgIpc) is 2.81. The summed E-state index contributed by atoms with van der Waals surface area (Å²) in [6.07, 6.45) is 3.64. The van der Waals surface area contributed by atoms with Crippen LogP contribution in [0.3, 0.4) is 0 Å². The van der Waals surface area contributed by atoms with Crippen LogP contribution >= 0.6 is 12.6 Å². The lowest BCUT2D eigenvalue weighted by molar-refractivity contribution is 0.601. The van der Waals surface area contributed by atoms with Crippen LogP contribution in [0, 0.1) is 0 Å². The molecule has 0 radical (unpaired) electrons. The first kappa shape index (κ1) is 23.9. The largest absolute Gasteiger partial charge is 0.399 e. The van der Waals surface area contributed by atoms with E-state index in [0.717, 1.165) is 48.1 Å². The number of hydrogen-bond acceptors (Lipinski definition) is 6. The highest BCUT2D eigenvalue weighted by Crippen LogP contribution is 2.27. The predicted octanol–water partition coefficient (Wildman–Crippen LogP) is 5.59. The van der Waals surface area contributed by atoms with Crippen LogP contribution in [0.5, 0.6) is 0 Å². The molecule has 34 heavy (non-hydrogen) atoms. The third kappa shape index (κ3) is 6.43. The summed E-state index contributed by atoms with van der Waals surface area (Å²) < 4.78 is 0. The Labute approximate surface area is 207 Å². The molecule has 6 N–H and O–H groups in total. The SMILES string of the molecule is CC(S)Cc1ccc(C(CCNCc2cccc(N)c2)Nc2ccc3c(N)nccc3c2)cc1. The van der Waals surface area contributed by atoms with Gasteiger partial charge in [0.25, 0.3) is 0 Å². The first-order valence-corrected chi connectivity index (χ1v) is 12.2. The first-order valence-electron chi connectivity index (χ1n) is 11.7. The van der Waals surface area contributed by atoms with E-state index in [2.05, 4.69) is 77.6 Å². The van der Waals surface area contributed by atoms with Gasteiger partial charge >= 0.3 is 0 Å². The molecule has 1 heterocycles. The van der Waals surface area contributed by atoms with E-state index in [0.29, 0.717) is 11.1 Å². The summed E-state index contributed by atoms with van der Waals surface area (Å²) in [7, 11) is 0. The maximum Gasteiger partial charge on any atom is 0.131 e. The molecule has 0 aliphatic rings. The zero-order valence-electron chi connectivity index (χ0n) is 19.5. The van der Waals surface area contributed by atoms with Crippen molar-refractivity contribution >= 4 is 40.6 Å². The summed E-state index contributed by atoms with van der Waals surface area (Å²) in [6, 6.07) is 25.3. The number of nitrogens with zero attached hydrogens (tertiary/aromatic N) is 1. The number of nitrogens with one attached hydrogen (secondary N) is 2. The number of pyridine rings is 1. The Morgan fingerprint density at radius 1 is 0.941 bits per heavy atom. The molecule has 1 aromatic heterocycles. The van der Waals surface area contributed by atoms with E-state index in [1.807, 2.05) is 30.3 Å². The molecule has 0 spiro atoms. The van der Waals surface area contributed by atoms with Gasteiger partial charge in [-0.15, -0.1) is 0 Å². The van der Waals surface area contributed by atoms with Gasteiger partial charge in [0.2, 0.25) is 0 Å². The Morgan fingerprint density at radius 2 is 1.76 bits per heavy atom. The maximum atomic E-state index is 6.03. The zero-order valence-corrected chi connectivity index (χ0v) is 20.4. The summed E-state index contributed by atoms with van der Waals surface area (Å²) in [6.45, 7) is 3.78. The molecule has 0 amide bonds. The van der Waals surface area contributed by atoms with Crippen molar-refractivity contribution in [1.82, 2.24) is 10.3 Å². The molecule has 3 aromatic carbocycles. The van der Waals surface area contributed by atoms with E-state index in [9.17, 15) is 0 Å². The molecule has 176 valence electrons. The molecule has 0 fully saturated rings. The molecule has 0 aliphatic carbocycles. The average molecular weight is 472 g/mol. The maximum absolute atomic E-state index is 6.03. The van der Waals surface area contributed by atoms with Crippen LogP contribution in [0.15, 0.2) is 79.0 Å². The van der Waals surface area contributed by atoms with Crippen LogP contribution in [-0.4, -0.2) is 16.8 Å². The van der Waals surface area contributed by atoms with Crippen LogP contribution in [0.2, 0.25) is 0 Å². The van der Waals surface area contributed by atoms with Crippen molar-refractivity contribution in [2.45, 2.75) is 37.6 Å². The van der Waals surface area contributed by atoms with Crippen molar-refractivity contribution in [2.24, 2.45) is 0 Å². The Balaban J connectivity index is 1.48.